The SMILES string of the molecule is Cc1c(-c2ccccc2S(C)=O)nc2cc(F)cc(F)c2c1Cl.Cc1c(-c2ccccc2S(C)=O)nc2cc(F)cc(F)c2c1Nc1cc(N2CCOCC2)cnc1N1CCOCC1. The summed E-state index contributed by atoms with van der Waals surface area (Å²) in [7, 11) is -2.53. The topological polar surface area (TPSA) is 110 Å². The highest BCUT2D eigenvalue weighted by atomic mass is 35.5. The Bertz CT molecular complexity index is 2970. The summed E-state index contributed by atoms with van der Waals surface area (Å²) in [5.74, 6) is -2.20. The summed E-state index contributed by atoms with van der Waals surface area (Å²) in [5, 5.41) is 3.94. The van der Waals surface area contributed by atoms with Crippen molar-refractivity contribution in [3.8, 4) is 22.5 Å². The Kier molecular flexibility index (Phi) is 13.6. The molecule has 0 radical (unpaired) electrons. The zero-order valence-corrected chi connectivity index (χ0v) is 37.7. The number of morpholine rings is 2. The van der Waals surface area contributed by atoms with E-state index in [1.165, 1.54) is 6.07 Å². The van der Waals surface area contributed by atoms with Gasteiger partial charge in [-0.05, 0) is 43.2 Å². The fourth-order valence-electron chi connectivity index (χ4n) is 7.97. The quantitative estimate of drug-likeness (QED) is 0.148. The van der Waals surface area contributed by atoms with Gasteiger partial charge >= 0.3 is 0 Å². The summed E-state index contributed by atoms with van der Waals surface area (Å²) in [6, 6.07) is 20.4. The van der Waals surface area contributed by atoms with Crippen LogP contribution in [0, 0.1) is 37.1 Å². The summed E-state index contributed by atoms with van der Waals surface area (Å²) in [6.45, 7) is 8.75. The van der Waals surface area contributed by atoms with Crippen molar-refractivity contribution in [2.24, 2.45) is 0 Å². The van der Waals surface area contributed by atoms with Crippen LogP contribution in [0.15, 0.2) is 94.9 Å². The number of nitrogens with one attached hydrogen (secondary N) is 1. The molecule has 0 aliphatic carbocycles. The fourth-order valence-corrected chi connectivity index (χ4v) is 9.73. The standard InChI is InChI=1S/C30H31F2N5O3S.C17H12ClF2NOS/c1-19-28(22-5-3-4-6-26(22)41(2)38)34-24-16-20(31)15-23(32)27(24)29(19)35-25-17-21(36-7-11-39-12-8-36)18-33-30(25)37-9-13-40-14-10-37;1-9-16(18)15-12(20)7-10(19)8-13(15)21-17(9)11-5-3-4-6-14(11)23(2)22/h3-6,15-18H,7-14H2,1-2H3,(H,34,35);3-8H,1-2H3. The molecule has 0 bridgehead atoms. The number of nitrogens with zero attached hydrogens (tertiary/aromatic N) is 5. The van der Waals surface area contributed by atoms with Crippen molar-refractivity contribution in [3.63, 3.8) is 0 Å². The molecule has 5 heterocycles. The van der Waals surface area contributed by atoms with E-state index in [9.17, 15) is 21.6 Å². The number of fused-ring (bicyclic) bond motifs is 2. The predicted molar refractivity (Wildman–Crippen MR) is 247 cm³/mol. The minimum Gasteiger partial charge on any atom is -0.378 e. The molecule has 4 aromatic carbocycles. The Morgan fingerprint density at radius 2 is 1.14 bits per heavy atom. The van der Waals surface area contributed by atoms with Crippen LogP contribution in [0.5, 0.6) is 0 Å². The second-order valence-electron chi connectivity index (χ2n) is 15.2. The number of rotatable bonds is 8. The van der Waals surface area contributed by atoms with Gasteiger partial charge in [-0.25, -0.2) is 32.5 Å². The summed E-state index contributed by atoms with van der Waals surface area (Å²) in [4.78, 5) is 19.5. The lowest BCUT2D eigenvalue weighted by atomic mass is 10.0. The van der Waals surface area contributed by atoms with Gasteiger partial charge in [0.2, 0.25) is 0 Å². The molecule has 2 aliphatic rings. The van der Waals surface area contributed by atoms with Crippen molar-refractivity contribution in [1.29, 1.82) is 0 Å². The van der Waals surface area contributed by atoms with Crippen LogP contribution >= 0.6 is 11.6 Å². The van der Waals surface area contributed by atoms with Crippen LogP contribution in [0.1, 0.15) is 11.1 Å². The summed E-state index contributed by atoms with van der Waals surface area (Å²) < 4.78 is 93.2. The molecule has 64 heavy (non-hydrogen) atoms. The zero-order valence-electron chi connectivity index (χ0n) is 35.3. The molecule has 2 saturated heterocycles. The second kappa shape index (κ2) is 19.3. The van der Waals surface area contributed by atoms with Crippen LogP contribution in [0.4, 0.5) is 40.4 Å². The van der Waals surface area contributed by atoms with E-state index in [0.717, 1.165) is 37.0 Å². The Hall–Kier alpha value is -5.52. The monoisotopic (exact) mass is 930 g/mol. The largest absolute Gasteiger partial charge is 0.378 e. The summed E-state index contributed by atoms with van der Waals surface area (Å²) >= 11 is 6.29. The average Bonchev–Trinajstić information content (AvgIpc) is 3.28. The average molecular weight is 931 g/mol. The Labute approximate surface area is 377 Å². The molecular weight excluding hydrogens is 888 g/mol. The maximum atomic E-state index is 15.5. The molecule has 3 aromatic heterocycles. The van der Waals surface area contributed by atoms with Gasteiger partial charge in [-0.15, -0.1) is 0 Å². The Balaban J connectivity index is 0.000000206. The second-order valence-corrected chi connectivity index (χ2v) is 18.3. The lowest BCUT2D eigenvalue weighted by Crippen LogP contribution is -2.38. The lowest BCUT2D eigenvalue weighted by Gasteiger charge is -2.32. The number of hydrogen-bond donors (Lipinski definition) is 1. The van der Waals surface area contributed by atoms with Crippen molar-refractivity contribution in [1.82, 2.24) is 15.0 Å². The molecule has 10 nitrogen and oxygen atoms in total. The van der Waals surface area contributed by atoms with Crippen LogP contribution in [-0.4, -0.2) is 88.5 Å². The van der Waals surface area contributed by atoms with E-state index in [1.807, 2.05) is 37.4 Å². The van der Waals surface area contributed by atoms with E-state index in [-0.39, 0.29) is 26.8 Å². The molecule has 2 aliphatic heterocycles. The number of halogens is 5. The normalized spacial score (nSPS) is 15.2. The van der Waals surface area contributed by atoms with Crippen LogP contribution in [0.3, 0.4) is 0 Å². The van der Waals surface area contributed by atoms with E-state index in [1.54, 1.807) is 49.8 Å². The van der Waals surface area contributed by atoms with Crippen molar-refractivity contribution >= 4 is 77.9 Å². The number of pyridine rings is 3. The minimum absolute atomic E-state index is 0.0874. The predicted octanol–water partition coefficient (Wildman–Crippen LogP) is 9.92. The summed E-state index contributed by atoms with van der Waals surface area (Å²) in [5.41, 5.74) is 5.81. The highest BCUT2D eigenvalue weighted by molar-refractivity contribution is 7.84. The Morgan fingerprint density at radius 1 is 0.656 bits per heavy atom. The highest BCUT2D eigenvalue weighted by Crippen LogP contribution is 2.41. The van der Waals surface area contributed by atoms with Crippen LogP contribution in [0.25, 0.3) is 44.3 Å². The van der Waals surface area contributed by atoms with Crippen LogP contribution < -0.4 is 15.1 Å². The molecule has 7 aromatic rings. The number of ether oxygens (including phenoxy) is 2. The van der Waals surface area contributed by atoms with Crippen molar-refractivity contribution in [2.45, 2.75) is 23.6 Å². The molecule has 1 N–H and O–H groups in total. The van der Waals surface area contributed by atoms with Gasteiger partial charge in [0, 0.05) is 83.9 Å². The molecule has 0 spiro atoms. The first kappa shape index (κ1) is 45.1. The first-order valence-corrected chi connectivity index (χ1v) is 23.8. The maximum absolute atomic E-state index is 15.5. The molecule has 0 saturated carbocycles. The molecule has 17 heteroatoms. The van der Waals surface area contributed by atoms with Crippen molar-refractivity contribution in [2.75, 3.05) is 80.2 Å². The van der Waals surface area contributed by atoms with Gasteiger partial charge in [0.15, 0.2) is 5.82 Å². The molecule has 0 amide bonds. The molecule has 2 atom stereocenters. The number of hydrogen-bond acceptors (Lipinski definition) is 10. The smallest absolute Gasteiger partial charge is 0.152 e. The van der Waals surface area contributed by atoms with E-state index >= 15 is 4.39 Å². The number of anilines is 4. The van der Waals surface area contributed by atoms with Gasteiger partial charge < -0.3 is 24.6 Å². The van der Waals surface area contributed by atoms with Gasteiger partial charge in [0.05, 0.1) is 110 Å². The number of aromatic nitrogens is 3. The van der Waals surface area contributed by atoms with Crippen LogP contribution in [0.2, 0.25) is 5.02 Å². The van der Waals surface area contributed by atoms with Crippen molar-refractivity contribution in [3.05, 3.63) is 124 Å². The first-order chi connectivity index (χ1) is 30.8. The van der Waals surface area contributed by atoms with Gasteiger partial charge in [-0.1, -0.05) is 48.0 Å². The van der Waals surface area contributed by atoms with Gasteiger partial charge in [0.1, 0.15) is 23.3 Å². The molecule has 2 unspecified atom stereocenters. The summed E-state index contributed by atoms with van der Waals surface area (Å²) in [6.07, 6.45) is 5.02. The van der Waals surface area contributed by atoms with Gasteiger partial charge in [0.25, 0.3) is 0 Å². The van der Waals surface area contributed by atoms with E-state index in [4.69, 9.17) is 31.0 Å². The third-order valence-corrected chi connectivity index (χ3v) is 13.5. The maximum Gasteiger partial charge on any atom is 0.152 e. The number of benzene rings is 4. The minimum atomic E-state index is -1.30. The molecule has 332 valence electrons. The third-order valence-electron chi connectivity index (χ3n) is 11.1. The Morgan fingerprint density at radius 3 is 1.69 bits per heavy atom. The van der Waals surface area contributed by atoms with Crippen molar-refractivity contribution < 1.29 is 35.5 Å². The first-order valence-electron chi connectivity index (χ1n) is 20.3. The van der Waals surface area contributed by atoms with Crippen LogP contribution in [-0.2, 0) is 31.1 Å². The third kappa shape index (κ3) is 9.20. The van der Waals surface area contributed by atoms with E-state index < -0.39 is 44.9 Å². The molecular formula is C47H43ClF4N6O4S2. The van der Waals surface area contributed by atoms with E-state index in [0.29, 0.717) is 100 Å². The fraction of sp³-hybridized carbons (Fsp3) is 0.255. The molecule has 9 rings (SSSR count). The molecule has 2 fully saturated rings. The van der Waals surface area contributed by atoms with Gasteiger partial charge in [-0.3, -0.25) is 8.42 Å². The lowest BCUT2D eigenvalue weighted by molar-refractivity contribution is 0.122. The highest BCUT2D eigenvalue weighted by Gasteiger charge is 2.25. The van der Waals surface area contributed by atoms with E-state index in [2.05, 4.69) is 20.1 Å². The zero-order chi connectivity index (χ0) is 45.2. The van der Waals surface area contributed by atoms with Gasteiger partial charge in [-0.2, -0.15) is 0 Å².